The van der Waals surface area contributed by atoms with Crippen molar-refractivity contribution < 1.29 is 18.7 Å². The molecule has 0 aliphatic carbocycles. The van der Waals surface area contributed by atoms with Crippen LogP contribution in [0.25, 0.3) is 27.0 Å². The van der Waals surface area contributed by atoms with Gasteiger partial charge in [-0.2, -0.15) is 0 Å². The summed E-state index contributed by atoms with van der Waals surface area (Å²) in [6.07, 6.45) is 4.31. The molecule has 0 spiro atoms. The number of hydrogen-bond donors (Lipinski definition) is 0. The van der Waals surface area contributed by atoms with Gasteiger partial charge < -0.3 is 18.8 Å². The third-order valence-corrected chi connectivity index (χ3v) is 7.70. The Hall–Kier alpha value is -4.56. The molecule has 7 nitrogen and oxygen atoms in total. The molecule has 0 aliphatic heterocycles. The minimum atomic E-state index is -0.0314. The largest absolute Gasteiger partial charge is 0.497 e. The summed E-state index contributed by atoms with van der Waals surface area (Å²) in [6.45, 7) is 0.913. The van der Waals surface area contributed by atoms with Crippen molar-refractivity contribution in [2.75, 3.05) is 20.8 Å². The molecule has 196 valence electrons. The van der Waals surface area contributed by atoms with E-state index in [1.165, 1.54) is 0 Å². The number of benzene rings is 3. The number of carbonyl (C=O) groups excluding carboxylic acids is 1. The SMILES string of the molecule is COc1ccc(OC)c(-c2cn3c(CCN(Cc4ccco4)C(=O)c4ccc5ccccc5c4)csc3n2)c1. The van der Waals surface area contributed by atoms with Crippen LogP contribution in [-0.2, 0) is 13.0 Å². The maximum absolute atomic E-state index is 13.7. The van der Waals surface area contributed by atoms with Gasteiger partial charge in [0.25, 0.3) is 5.91 Å². The van der Waals surface area contributed by atoms with Gasteiger partial charge in [-0.15, -0.1) is 11.3 Å². The van der Waals surface area contributed by atoms with Crippen molar-refractivity contribution in [2.24, 2.45) is 0 Å². The van der Waals surface area contributed by atoms with Gasteiger partial charge in [-0.05, 0) is 53.2 Å². The van der Waals surface area contributed by atoms with E-state index in [0.29, 0.717) is 25.1 Å². The van der Waals surface area contributed by atoms with Crippen molar-refractivity contribution in [3.8, 4) is 22.8 Å². The van der Waals surface area contributed by atoms with E-state index in [2.05, 4.69) is 9.78 Å². The predicted molar refractivity (Wildman–Crippen MR) is 153 cm³/mol. The third-order valence-electron chi connectivity index (χ3n) is 6.81. The van der Waals surface area contributed by atoms with Gasteiger partial charge in [-0.25, -0.2) is 4.98 Å². The summed E-state index contributed by atoms with van der Waals surface area (Å²) < 4.78 is 18.7. The second-order valence-electron chi connectivity index (χ2n) is 9.19. The number of methoxy groups -OCH3 is 2. The normalized spacial score (nSPS) is 11.2. The lowest BCUT2D eigenvalue weighted by Gasteiger charge is -2.22. The molecule has 8 heteroatoms. The van der Waals surface area contributed by atoms with Gasteiger partial charge in [0.15, 0.2) is 4.96 Å². The van der Waals surface area contributed by atoms with E-state index >= 15 is 0 Å². The van der Waals surface area contributed by atoms with Crippen LogP contribution in [-0.4, -0.2) is 41.0 Å². The molecule has 0 atom stereocenters. The molecule has 0 saturated carbocycles. The van der Waals surface area contributed by atoms with Crippen LogP contribution in [0.3, 0.4) is 0 Å². The fourth-order valence-corrected chi connectivity index (χ4v) is 5.66. The van der Waals surface area contributed by atoms with E-state index in [9.17, 15) is 4.79 Å². The smallest absolute Gasteiger partial charge is 0.254 e. The van der Waals surface area contributed by atoms with E-state index in [0.717, 1.165) is 49.9 Å². The van der Waals surface area contributed by atoms with Crippen molar-refractivity contribution in [1.82, 2.24) is 14.3 Å². The lowest BCUT2D eigenvalue weighted by molar-refractivity contribution is 0.0733. The molecule has 1 amide bonds. The number of furan rings is 1. The molecule has 39 heavy (non-hydrogen) atoms. The summed E-state index contributed by atoms with van der Waals surface area (Å²) in [5, 5.41) is 4.25. The number of ether oxygens (including phenoxy) is 2. The molecule has 0 unspecified atom stereocenters. The number of imidazole rings is 1. The molecule has 3 aromatic heterocycles. The topological polar surface area (TPSA) is 69.2 Å². The van der Waals surface area contributed by atoms with Crippen LogP contribution in [0, 0.1) is 0 Å². The number of nitrogens with zero attached hydrogens (tertiary/aromatic N) is 3. The maximum atomic E-state index is 13.7. The monoisotopic (exact) mass is 537 g/mol. The Morgan fingerprint density at radius 1 is 1.00 bits per heavy atom. The second-order valence-corrected chi connectivity index (χ2v) is 10.0. The zero-order chi connectivity index (χ0) is 26.8. The first-order valence-corrected chi connectivity index (χ1v) is 13.5. The highest BCUT2D eigenvalue weighted by atomic mass is 32.1. The Balaban J connectivity index is 1.28. The Morgan fingerprint density at radius 2 is 1.87 bits per heavy atom. The molecule has 3 heterocycles. The molecule has 6 aromatic rings. The Kier molecular flexibility index (Phi) is 6.77. The van der Waals surface area contributed by atoms with Crippen LogP contribution < -0.4 is 9.47 Å². The van der Waals surface area contributed by atoms with Gasteiger partial charge in [-0.1, -0.05) is 30.3 Å². The Labute approximate surface area is 229 Å². The average molecular weight is 538 g/mol. The van der Waals surface area contributed by atoms with Crippen LogP contribution in [0.15, 0.2) is 95.1 Å². The highest BCUT2D eigenvalue weighted by molar-refractivity contribution is 7.15. The van der Waals surface area contributed by atoms with Gasteiger partial charge in [0.05, 0.1) is 32.7 Å². The first kappa shape index (κ1) is 24.8. The van der Waals surface area contributed by atoms with Gasteiger partial charge in [0.1, 0.15) is 17.3 Å². The summed E-state index contributed by atoms with van der Waals surface area (Å²) >= 11 is 1.57. The van der Waals surface area contributed by atoms with Gasteiger partial charge in [0.2, 0.25) is 0 Å². The van der Waals surface area contributed by atoms with Crippen molar-refractivity contribution in [3.05, 3.63) is 108 Å². The van der Waals surface area contributed by atoms with Crippen LogP contribution >= 0.6 is 11.3 Å². The number of fused-ring (bicyclic) bond motifs is 2. The van der Waals surface area contributed by atoms with Crippen molar-refractivity contribution >= 4 is 33.0 Å². The molecular weight excluding hydrogens is 510 g/mol. The highest BCUT2D eigenvalue weighted by Crippen LogP contribution is 2.34. The van der Waals surface area contributed by atoms with Crippen LogP contribution in [0.5, 0.6) is 11.5 Å². The second kappa shape index (κ2) is 10.7. The number of aromatic nitrogens is 2. The van der Waals surface area contributed by atoms with Crippen molar-refractivity contribution in [1.29, 1.82) is 0 Å². The maximum Gasteiger partial charge on any atom is 0.254 e. The molecule has 0 saturated heterocycles. The zero-order valence-electron chi connectivity index (χ0n) is 21.7. The molecular formula is C31H27N3O4S. The lowest BCUT2D eigenvalue weighted by atomic mass is 10.1. The quantitative estimate of drug-likeness (QED) is 0.205. The van der Waals surface area contributed by atoms with Gasteiger partial charge in [0, 0.05) is 41.4 Å². The zero-order valence-corrected chi connectivity index (χ0v) is 22.5. The van der Waals surface area contributed by atoms with E-state index in [1.54, 1.807) is 31.8 Å². The number of rotatable bonds is 9. The molecule has 0 aliphatic rings. The fraction of sp³-hybridized carbons (Fsp3) is 0.161. The third kappa shape index (κ3) is 4.98. The van der Waals surface area contributed by atoms with Crippen molar-refractivity contribution in [3.63, 3.8) is 0 Å². The molecule has 6 rings (SSSR count). The summed E-state index contributed by atoms with van der Waals surface area (Å²) in [4.78, 5) is 21.3. The fourth-order valence-electron chi connectivity index (χ4n) is 4.75. The number of carbonyl (C=O) groups is 1. The molecule has 0 fully saturated rings. The first-order chi connectivity index (χ1) is 19.1. The van der Waals surface area contributed by atoms with E-state index in [-0.39, 0.29) is 5.91 Å². The number of hydrogen-bond acceptors (Lipinski definition) is 6. The lowest BCUT2D eigenvalue weighted by Crippen LogP contribution is -2.32. The molecule has 0 N–H and O–H groups in total. The summed E-state index contributed by atoms with van der Waals surface area (Å²) in [7, 11) is 3.29. The Morgan fingerprint density at radius 3 is 2.67 bits per heavy atom. The van der Waals surface area contributed by atoms with Gasteiger partial charge in [-0.3, -0.25) is 9.20 Å². The number of amides is 1. The van der Waals surface area contributed by atoms with Gasteiger partial charge >= 0.3 is 0 Å². The summed E-state index contributed by atoms with van der Waals surface area (Å²) in [5.41, 5.74) is 3.40. The minimum Gasteiger partial charge on any atom is -0.497 e. The van der Waals surface area contributed by atoms with Crippen LogP contribution in [0.2, 0.25) is 0 Å². The van der Waals surface area contributed by atoms with E-state index in [4.69, 9.17) is 18.9 Å². The van der Waals surface area contributed by atoms with E-state index < -0.39 is 0 Å². The highest BCUT2D eigenvalue weighted by Gasteiger charge is 2.20. The Bertz CT molecular complexity index is 1750. The number of thiazole rings is 1. The summed E-state index contributed by atoms with van der Waals surface area (Å²) in [6, 6.07) is 23.3. The van der Waals surface area contributed by atoms with E-state index in [1.807, 2.05) is 83.9 Å². The predicted octanol–water partition coefficient (Wildman–Crippen LogP) is 6.71. The van der Waals surface area contributed by atoms with Crippen LogP contribution in [0.4, 0.5) is 0 Å². The molecule has 0 bridgehead atoms. The molecule has 3 aromatic carbocycles. The standard InChI is InChI=1S/C31H27N3O4S/c1-36-25-11-12-29(37-2)27(17-25)28-19-34-24(20-39-31(34)32-28)13-14-33(18-26-8-5-15-38-26)30(35)23-10-9-21-6-3-4-7-22(21)16-23/h3-12,15-17,19-20H,13-14,18H2,1-2H3. The first-order valence-electron chi connectivity index (χ1n) is 12.6. The molecule has 0 radical (unpaired) electrons. The van der Waals surface area contributed by atoms with Crippen molar-refractivity contribution in [2.45, 2.75) is 13.0 Å². The minimum absolute atomic E-state index is 0.0314. The average Bonchev–Trinajstić information content (AvgIpc) is 3.73. The van der Waals surface area contributed by atoms with Crippen LogP contribution in [0.1, 0.15) is 21.8 Å². The summed E-state index contributed by atoms with van der Waals surface area (Å²) in [5.74, 6) is 2.18.